The maximum atomic E-state index is 10.2. The zero-order valence-corrected chi connectivity index (χ0v) is 16.6. The molecule has 0 unspecified atom stereocenters. The fraction of sp³-hybridized carbons (Fsp3) is 0.250. The first kappa shape index (κ1) is 18.2. The molecule has 4 heteroatoms. The van der Waals surface area contributed by atoms with Crippen LogP contribution in [0.5, 0.6) is 5.75 Å². The molecule has 1 aliphatic heterocycles. The van der Waals surface area contributed by atoms with E-state index in [4.69, 9.17) is 13.9 Å². The summed E-state index contributed by atoms with van der Waals surface area (Å²) in [6.45, 7) is 8.78. The average Bonchev–Trinajstić information content (AvgIpc) is 3.10. The van der Waals surface area contributed by atoms with Crippen LogP contribution in [-0.2, 0) is 11.3 Å². The van der Waals surface area contributed by atoms with E-state index in [1.807, 2.05) is 38.1 Å². The van der Waals surface area contributed by atoms with Crippen molar-refractivity contribution in [3.63, 3.8) is 0 Å². The largest absolute Gasteiger partial charge is 0.507 e. The van der Waals surface area contributed by atoms with Crippen LogP contribution < -0.4 is 4.74 Å². The van der Waals surface area contributed by atoms with Crippen molar-refractivity contribution < 1.29 is 19.0 Å². The number of fused-ring (bicyclic) bond motifs is 1. The van der Waals surface area contributed by atoms with Crippen molar-refractivity contribution in [2.75, 3.05) is 6.61 Å². The summed E-state index contributed by atoms with van der Waals surface area (Å²) in [5, 5.41) is 11.1. The van der Waals surface area contributed by atoms with Crippen LogP contribution in [-0.4, -0.2) is 11.7 Å². The van der Waals surface area contributed by atoms with Crippen LogP contribution in [0.2, 0.25) is 0 Å². The first-order valence-electron chi connectivity index (χ1n) is 9.38. The van der Waals surface area contributed by atoms with Gasteiger partial charge in [0.05, 0.1) is 0 Å². The van der Waals surface area contributed by atoms with Gasteiger partial charge in [-0.3, -0.25) is 0 Å². The molecular formula is C24H24O4. The molecule has 0 amide bonds. The number of benzene rings is 2. The van der Waals surface area contributed by atoms with Crippen LogP contribution in [0.4, 0.5) is 0 Å². The molecule has 1 N–H and O–H groups in total. The molecule has 0 saturated carbocycles. The molecule has 0 saturated heterocycles. The van der Waals surface area contributed by atoms with Crippen molar-refractivity contribution in [1.29, 1.82) is 0 Å². The van der Waals surface area contributed by atoms with E-state index >= 15 is 0 Å². The third-order valence-corrected chi connectivity index (χ3v) is 5.22. The Bertz CT molecular complexity index is 1110. The number of aliphatic hydroxyl groups excluding tert-OH is 1. The lowest BCUT2D eigenvalue weighted by atomic mass is 10.1. The van der Waals surface area contributed by atoms with E-state index in [1.165, 1.54) is 11.1 Å². The minimum absolute atomic E-state index is 0.277. The topological polar surface area (TPSA) is 51.8 Å². The highest BCUT2D eigenvalue weighted by Gasteiger charge is 2.21. The number of aliphatic hydroxyl groups is 1. The Balaban J connectivity index is 1.57. The van der Waals surface area contributed by atoms with Gasteiger partial charge in [-0.15, -0.1) is 0 Å². The number of rotatable bonds is 4. The summed E-state index contributed by atoms with van der Waals surface area (Å²) in [4.78, 5) is 0. The van der Waals surface area contributed by atoms with E-state index in [1.54, 1.807) is 0 Å². The Morgan fingerprint density at radius 3 is 2.57 bits per heavy atom. The van der Waals surface area contributed by atoms with E-state index in [2.05, 4.69) is 32.0 Å². The minimum atomic E-state index is 0.277. The Hall–Kier alpha value is -3.14. The molecule has 0 spiro atoms. The molecule has 3 aromatic rings. The Labute approximate surface area is 164 Å². The molecular weight excluding hydrogens is 352 g/mol. The lowest BCUT2D eigenvalue weighted by Gasteiger charge is -2.18. The van der Waals surface area contributed by atoms with Gasteiger partial charge in [0, 0.05) is 16.5 Å². The van der Waals surface area contributed by atoms with E-state index in [-0.39, 0.29) is 5.76 Å². The lowest BCUT2D eigenvalue weighted by molar-refractivity contribution is 0.272. The van der Waals surface area contributed by atoms with E-state index < -0.39 is 0 Å². The molecule has 4 rings (SSSR count). The fourth-order valence-corrected chi connectivity index (χ4v) is 3.32. The summed E-state index contributed by atoms with van der Waals surface area (Å²) in [6.07, 6.45) is 0. The van der Waals surface area contributed by atoms with Crippen LogP contribution in [0.15, 0.2) is 63.8 Å². The predicted octanol–water partition coefficient (Wildman–Crippen LogP) is 6.22. The molecule has 0 radical (unpaired) electrons. The molecule has 28 heavy (non-hydrogen) atoms. The monoisotopic (exact) mass is 376 g/mol. The van der Waals surface area contributed by atoms with Gasteiger partial charge in [0.25, 0.3) is 0 Å². The third kappa shape index (κ3) is 3.38. The van der Waals surface area contributed by atoms with Crippen molar-refractivity contribution in [3.05, 3.63) is 81.8 Å². The van der Waals surface area contributed by atoms with Gasteiger partial charge in [-0.05, 0) is 68.7 Å². The highest BCUT2D eigenvalue weighted by molar-refractivity contribution is 5.83. The Morgan fingerprint density at radius 1 is 0.964 bits per heavy atom. The molecule has 4 nitrogen and oxygen atoms in total. The van der Waals surface area contributed by atoms with Crippen LogP contribution in [0, 0.1) is 13.8 Å². The van der Waals surface area contributed by atoms with Gasteiger partial charge >= 0.3 is 0 Å². The van der Waals surface area contributed by atoms with Crippen LogP contribution >= 0.6 is 0 Å². The standard InChI is InChI=1S/C24H24O4/c1-14-5-6-18(9-15(14)2)13-26-20-7-8-21-19(10-20)11-22(28-21)24-17(4)23(25)16(3)12-27-24/h5-11,25H,12-13H2,1-4H3. The Morgan fingerprint density at radius 2 is 1.79 bits per heavy atom. The van der Waals surface area contributed by atoms with Gasteiger partial charge in [0.2, 0.25) is 0 Å². The van der Waals surface area contributed by atoms with Crippen molar-refractivity contribution in [1.82, 2.24) is 0 Å². The zero-order chi connectivity index (χ0) is 19.8. The SMILES string of the molecule is CC1=C(O)C(C)=C(c2cc3cc(OCc4ccc(C)c(C)c4)ccc3o2)OC1. The number of hydrogen-bond acceptors (Lipinski definition) is 4. The Kier molecular flexibility index (Phi) is 4.63. The first-order chi connectivity index (χ1) is 13.4. The highest BCUT2D eigenvalue weighted by atomic mass is 16.5. The quantitative estimate of drug-likeness (QED) is 0.587. The molecule has 2 heterocycles. The summed E-state index contributed by atoms with van der Waals surface area (Å²) >= 11 is 0. The summed E-state index contributed by atoms with van der Waals surface area (Å²) in [5.74, 6) is 2.25. The summed E-state index contributed by atoms with van der Waals surface area (Å²) in [6, 6.07) is 14.0. The van der Waals surface area contributed by atoms with Gasteiger partial charge in [0.1, 0.15) is 30.3 Å². The van der Waals surface area contributed by atoms with E-state index in [0.29, 0.717) is 30.3 Å². The minimum Gasteiger partial charge on any atom is -0.507 e. The molecule has 2 aromatic carbocycles. The number of aryl methyl sites for hydroxylation is 2. The van der Waals surface area contributed by atoms with Gasteiger partial charge < -0.3 is 19.0 Å². The molecule has 0 fully saturated rings. The van der Waals surface area contributed by atoms with Crippen molar-refractivity contribution >= 4 is 16.7 Å². The lowest BCUT2D eigenvalue weighted by Crippen LogP contribution is -2.08. The maximum Gasteiger partial charge on any atom is 0.170 e. The summed E-state index contributed by atoms with van der Waals surface area (Å²) < 4.78 is 17.7. The fourth-order valence-electron chi connectivity index (χ4n) is 3.32. The van der Waals surface area contributed by atoms with Crippen LogP contribution in [0.3, 0.4) is 0 Å². The van der Waals surface area contributed by atoms with Crippen molar-refractivity contribution in [2.24, 2.45) is 0 Å². The highest BCUT2D eigenvalue weighted by Crippen LogP contribution is 2.34. The molecule has 0 aliphatic carbocycles. The second-order valence-corrected chi connectivity index (χ2v) is 7.39. The average molecular weight is 376 g/mol. The first-order valence-corrected chi connectivity index (χ1v) is 9.38. The molecule has 1 aliphatic rings. The molecule has 0 atom stereocenters. The summed E-state index contributed by atoms with van der Waals surface area (Å²) in [5.41, 5.74) is 5.95. The number of hydrogen-bond donors (Lipinski definition) is 1. The number of furan rings is 1. The third-order valence-electron chi connectivity index (χ3n) is 5.22. The summed E-state index contributed by atoms with van der Waals surface area (Å²) in [7, 11) is 0. The molecule has 144 valence electrons. The predicted molar refractivity (Wildman–Crippen MR) is 110 cm³/mol. The number of ether oxygens (including phenoxy) is 2. The van der Waals surface area contributed by atoms with E-state index in [0.717, 1.165) is 27.9 Å². The molecule has 0 bridgehead atoms. The normalized spacial score (nSPS) is 14.6. The second-order valence-electron chi connectivity index (χ2n) is 7.39. The van der Waals surface area contributed by atoms with Gasteiger partial charge in [0.15, 0.2) is 11.5 Å². The van der Waals surface area contributed by atoms with Gasteiger partial charge in [-0.25, -0.2) is 0 Å². The van der Waals surface area contributed by atoms with Crippen molar-refractivity contribution in [3.8, 4) is 5.75 Å². The van der Waals surface area contributed by atoms with Crippen LogP contribution in [0.1, 0.15) is 36.3 Å². The zero-order valence-electron chi connectivity index (χ0n) is 16.6. The van der Waals surface area contributed by atoms with Crippen LogP contribution in [0.25, 0.3) is 16.7 Å². The second kappa shape index (κ2) is 7.12. The van der Waals surface area contributed by atoms with Crippen molar-refractivity contribution in [2.45, 2.75) is 34.3 Å². The van der Waals surface area contributed by atoms with E-state index in [9.17, 15) is 5.11 Å². The molecule has 1 aromatic heterocycles. The van der Waals surface area contributed by atoms with Gasteiger partial charge in [-0.1, -0.05) is 18.2 Å². The van der Waals surface area contributed by atoms with Gasteiger partial charge in [-0.2, -0.15) is 0 Å². The smallest absolute Gasteiger partial charge is 0.170 e. The number of allylic oxidation sites excluding steroid dienone is 1. The maximum absolute atomic E-state index is 10.2.